The lowest BCUT2D eigenvalue weighted by atomic mass is 9.75. The van der Waals surface area contributed by atoms with Gasteiger partial charge in [-0.05, 0) is 43.3 Å². The monoisotopic (exact) mass is 526 g/mol. The first kappa shape index (κ1) is 28.2. The summed E-state index contributed by atoms with van der Waals surface area (Å²) >= 11 is 3.65. The number of nitriles is 2. The number of hydrogen-bond donors (Lipinski definition) is 3. The molecule has 0 unspecified atom stereocenters. The van der Waals surface area contributed by atoms with Gasteiger partial charge in [0.1, 0.15) is 17.7 Å². The summed E-state index contributed by atoms with van der Waals surface area (Å²) in [5.41, 5.74) is 3.00. The molecule has 1 aliphatic heterocycles. The van der Waals surface area contributed by atoms with E-state index in [1.165, 1.54) is 0 Å². The van der Waals surface area contributed by atoms with Crippen molar-refractivity contribution in [3.63, 3.8) is 0 Å². The van der Waals surface area contributed by atoms with Crippen molar-refractivity contribution in [2.75, 3.05) is 11.4 Å². The summed E-state index contributed by atoms with van der Waals surface area (Å²) in [6.45, 7) is 14.2. The number of rotatable bonds is 9. The number of allylic oxidation sites excluding steroid dienone is 5. The molecule has 1 aromatic carbocycles. The highest BCUT2D eigenvalue weighted by molar-refractivity contribution is 7.77. The first-order valence-corrected chi connectivity index (χ1v) is 12.3. The molecule has 0 amide bonds. The number of nitrogens with one attached hydrogen (secondary N) is 2. The fraction of sp³-hybridized carbons (Fsp3) is 0.321. The van der Waals surface area contributed by atoms with Crippen LogP contribution in [0.5, 0.6) is 0 Å². The molecule has 0 spiro atoms. The molecule has 2 N–H and O–H groups in total. The molecular formula is C28H26N6O3S. The van der Waals surface area contributed by atoms with E-state index in [9.17, 15) is 20.1 Å². The quantitative estimate of drug-likeness (QED) is 0.0807. The average molecular weight is 527 g/mol. The third-order valence-corrected chi connectivity index (χ3v) is 6.77. The maximum absolute atomic E-state index is 13.2. The van der Waals surface area contributed by atoms with Crippen LogP contribution in [0, 0.1) is 41.6 Å². The molecule has 0 aromatic heterocycles. The van der Waals surface area contributed by atoms with E-state index in [-0.39, 0.29) is 34.8 Å². The number of nitrogens with zero attached hydrogens (tertiary/aromatic N) is 4. The zero-order chi connectivity index (χ0) is 28.0. The Morgan fingerprint density at radius 3 is 2.61 bits per heavy atom. The van der Waals surface area contributed by atoms with E-state index < -0.39 is 16.8 Å². The fourth-order valence-corrected chi connectivity index (χ4v) is 4.89. The molecule has 0 fully saturated rings. The number of Topliss-reactive ketones (excluding diaryl/α,β-unsaturated/α-hetero) is 1. The van der Waals surface area contributed by atoms with E-state index in [2.05, 4.69) is 52.2 Å². The predicted octanol–water partition coefficient (Wildman–Crippen LogP) is 4.70. The highest BCUT2D eigenvalue weighted by Gasteiger charge is 2.43. The van der Waals surface area contributed by atoms with Crippen LogP contribution in [-0.2, 0) is 19.8 Å². The fourth-order valence-electron chi connectivity index (χ4n) is 4.78. The van der Waals surface area contributed by atoms with Crippen molar-refractivity contribution in [1.29, 1.82) is 15.9 Å². The molecule has 0 saturated heterocycles. The van der Waals surface area contributed by atoms with Gasteiger partial charge in [-0.1, -0.05) is 55.7 Å². The summed E-state index contributed by atoms with van der Waals surface area (Å²) in [5, 5.41) is 26.2. The number of benzene rings is 1. The Labute approximate surface area is 227 Å². The smallest absolute Gasteiger partial charge is 0.325 e. The summed E-state index contributed by atoms with van der Waals surface area (Å²) in [4.78, 5) is 36.9. The summed E-state index contributed by atoms with van der Waals surface area (Å²) in [5.74, 6) is 1.14. The highest BCUT2D eigenvalue weighted by atomic mass is 32.1. The Bertz CT molecular complexity index is 1460. The number of anilines is 1. The SMILES string of the molecule is [C-]#[N+]C(=C=N)C1=C(C=C2N(CCCCCC(=O)ONS)c3ccc(C)cc3C2(C)C)C(=O)C1=C(C#N)C#N. The molecule has 0 radical (unpaired) electrons. The van der Waals surface area contributed by atoms with Gasteiger partial charge in [-0.15, -0.1) is 0 Å². The second-order valence-corrected chi connectivity index (χ2v) is 9.56. The van der Waals surface area contributed by atoms with Crippen molar-refractivity contribution in [3.8, 4) is 12.1 Å². The van der Waals surface area contributed by atoms with E-state index in [1.54, 1.807) is 18.2 Å². The van der Waals surface area contributed by atoms with Gasteiger partial charge in [0.15, 0.2) is 5.78 Å². The van der Waals surface area contributed by atoms with Crippen LogP contribution in [0.3, 0.4) is 0 Å². The van der Waals surface area contributed by atoms with E-state index in [4.69, 9.17) is 12.0 Å². The predicted molar refractivity (Wildman–Crippen MR) is 144 cm³/mol. The van der Waals surface area contributed by atoms with Crippen molar-refractivity contribution >= 4 is 36.1 Å². The third kappa shape index (κ3) is 5.18. The molecule has 1 aliphatic carbocycles. The van der Waals surface area contributed by atoms with Crippen LogP contribution in [0.1, 0.15) is 50.7 Å². The van der Waals surface area contributed by atoms with Crippen molar-refractivity contribution in [2.45, 2.75) is 51.9 Å². The number of carbonyl (C=O) groups excluding carboxylic acids is 2. The summed E-state index contributed by atoms with van der Waals surface area (Å²) < 4.78 is 0. The Hall–Kier alpha value is -4.39. The topological polar surface area (TPSA) is 134 Å². The number of ketones is 1. The molecule has 2 aliphatic rings. The summed E-state index contributed by atoms with van der Waals surface area (Å²) in [7, 11) is 0. The van der Waals surface area contributed by atoms with E-state index in [1.807, 2.05) is 24.9 Å². The van der Waals surface area contributed by atoms with Crippen LogP contribution >= 0.6 is 12.8 Å². The maximum atomic E-state index is 13.2. The lowest BCUT2D eigenvalue weighted by Crippen LogP contribution is -2.30. The van der Waals surface area contributed by atoms with Crippen molar-refractivity contribution in [3.05, 3.63) is 80.5 Å². The van der Waals surface area contributed by atoms with Crippen LogP contribution in [-0.4, -0.2) is 24.2 Å². The van der Waals surface area contributed by atoms with Gasteiger partial charge in [0.2, 0.25) is 0 Å². The highest BCUT2D eigenvalue weighted by Crippen LogP contribution is 2.50. The molecular weight excluding hydrogens is 500 g/mol. The standard InChI is InChI=1S/C28H26N6O3S/c1-17-9-10-22-20(12-17)28(2,3)23(34(22)11-7-5-6-8-24(35)37-33-38)13-19-26(21(16-31)32-4)25(27(19)36)18(14-29)15-30/h9-10,12-13,31,33,38H,5-8,11H2,1-3H3. The Morgan fingerprint density at radius 2 is 2.00 bits per heavy atom. The van der Waals surface area contributed by atoms with Gasteiger partial charge in [-0.2, -0.15) is 10.5 Å². The second-order valence-electron chi connectivity index (χ2n) is 9.38. The summed E-state index contributed by atoms with van der Waals surface area (Å²) in [6, 6.07) is 9.61. The minimum atomic E-state index is -0.513. The second kappa shape index (κ2) is 11.8. The van der Waals surface area contributed by atoms with Gasteiger partial charge in [0, 0.05) is 46.5 Å². The first-order valence-electron chi connectivity index (χ1n) is 11.9. The molecule has 0 atom stereocenters. The molecule has 10 heteroatoms. The summed E-state index contributed by atoms with van der Waals surface area (Å²) in [6.07, 6.45) is 4.12. The number of hydrogen-bond acceptors (Lipinski definition) is 9. The van der Waals surface area contributed by atoms with Crippen molar-refractivity contribution in [2.24, 2.45) is 0 Å². The van der Waals surface area contributed by atoms with E-state index in [0.717, 1.165) is 35.4 Å². The molecule has 38 heavy (non-hydrogen) atoms. The number of aryl methyl sites for hydroxylation is 1. The molecule has 3 rings (SSSR count). The largest absolute Gasteiger partial charge is 0.360 e. The van der Waals surface area contributed by atoms with Gasteiger partial charge in [-0.25, -0.2) is 4.85 Å². The van der Waals surface area contributed by atoms with Gasteiger partial charge in [-0.3, -0.25) is 15.0 Å². The minimum absolute atomic E-state index is 0.102. The van der Waals surface area contributed by atoms with E-state index in [0.29, 0.717) is 13.0 Å². The average Bonchev–Trinajstić information content (AvgIpc) is 3.10. The minimum Gasteiger partial charge on any atom is -0.360 e. The van der Waals surface area contributed by atoms with Crippen LogP contribution in [0.2, 0.25) is 0 Å². The van der Waals surface area contributed by atoms with Gasteiger partial charge >= 0.3 is 5.97 Å². The Kier molecular flexibility index (Phi) is 8.73. The van der Waals surface area contributed by atoms with Gasteiger partial charge < -0.3 is 9.74 Å². The number of thiol groups is 1. The van der Waals surface area contributed by atoms with Gasteiger partial charge in [0.05, 0.1) is 6.57 Å². The van der Waals surface area contributed by atoms with Crippen LogP contribution in [0.4, 0.5) is 5.69 Å². The van der Waals surface area contributed by atoms with Crippen molar-refractivity contribution < 1.29 is 14.4 Å². The number of unbranched alkanes of at least 4 members (excludes halogenated alkanes) is 2. The van der Waals surface area contributed by atoms with Crippen LogP contribution < -0.4 is 9.79 Å². The molecule has 192 valence electrons. The number of fused-ring (bicyclic) bond motifs is 1. The Balaban J connectivity index is 2.07. The zero-order valence-corrected chi connectivity index (χ0v) is 22.2. The molecule has 0 bridgehead atoms. The molecule has 9 nitrogen and oxygen atoms in total. The lowest BCUT2D eigenvalue weighted by Gasteiger charge is -2.30. The normalized spacial score (nSPS) is 16.1. The van der Waals surface area contributed by atoms with E-state index >= 15 is 0 Å². The zero-order valence-electron chi connectivity index (χ0n) is 21.3. The van der Waals surface area contributed by atoms with Crippen LogP contribution in [0.25, 0.3) is 4.85 Å². The van der Waals surface area contributed by atoms with Crippen molar-refractivity contribution in [1.82, 2.24) is 4.89 Å². The third-order valence-electron chi connectivity index (χ3n) is 6.68. The Morgan fingerprint density at radius 1 is 1.29 bits per heavy atom. The van der Waals surface area contributed by atoms with Gasteiger partial charge in [0.25, 0.3) is 5.70 Å². The lowest BCUT2D eigenvalue weighted by molar-refractivity contribution is -0.146. The molecule has 1 aromatic rings. The first-order chi connectivity index (χ1) is 18.2. The number of carbonyl (C=O) groups is 2. The molecule has 0 saturated carbocycles. The maximum Gasteiger partial charge on any atom is 0.325 e. The molecule has 1 heterocycles. The van der Waals surface area contributed by atoms with Crippen LogP contribution in [0.15, 0.2) is 58.0 Å².